The fourth-order valence-electron chi connectivity index (χ4n) is 1.63. The van der Waals surface area contributed by atoms with Crippen molar-refractivity contribution in [3.05, 3.63) is 34.3 Å². The molecule has 1 N–H and O–H groups in total. The summed E-state index contributed by atoms with van der Waals surface area (Å²) in [5.41, 5.74) is 2.17. The third-order valence-corrected chi connectivity index (χ3v) is 2.60. The van der Waals surface area contributed by atoms with Gasteiger partial charge in [-0.15, -0.1) is 0 Å². The molecule has 2 aromatic rings. The first-order valence-electron chi connectivity index (χ1n) is 5.35. The van der Waals surface area contributed by atoms with E-state index in [4.69, 9.17) is 16.6 Å². The van der Waals surface area contributed by atoms with Crippen molar-refractivity contribution < 1.29 is 4.42 Å². The van der Waals surface area contributed by atoms with Crippen molar-refractivity contribution in [2.24, 2.45) is 0 Å². The molecule has 0 saturated heterocycles. The summed E-state index contributed by atoms with van der Waals surface area (Å²) in [7, 11) is 0. The van der Waals surface area contributed by atoms with Crippen molar-refractivity contribution in [2.75, 3.05) is 0 Å². The summed E-state index contributed by atoms with van der Waals surface area (Å²) in [6, 6.07) is 3.82. The average molecular weight is 234 g/mol. The van der Waals surface area contributed by atoms with Crippen LogP contribution in [0.2, 0.25) is 0 Å². The molecule has 0 aliphatic carbocycles. The minimum atomic E-state index is 0.605. The SMILES string of the molecule is CCCc1cc(=S)nc(-c2occc2C)[nH]1. The molecule has 0 radical (unpaired) electrons. The molecular weight excluding hydrogens is 220 g/mol. The molecule has 16 heavy (non-hydrogen) atoms. The second kappa shape index (κ2) is 4.61. The van der Waals surface area contributed by atoms with Gasteiger partial charge < -0.3 is 9.40 Å². The maximum Gasteiger partial charge on any atom is 0.175 e. The molecule has 2 aromatic heterocycles. The maximum atomic E-state index is 5.40. The van der Waals surface area contributed by atoms with Crippen LogP contribution in [0.1, 0.15) is 24.6 Å². The number of aryl methyl sites for hydroxylation is 2. The summed E-state index contributed by atoms with van der Waals surface area (Å²) in [6.07, 6.45) is 3.71. The van der Waals surface area contributed by atoms with Crippen LogP contribution in [-0.4, -0.2) is 9.97 Å². The predicted octanol–water partition coefficient (Wildman–Crippen LogP) is 3.66. The molecule has 3 nitrogen and oxygen atoms in total. The molecule has 0 atom stereocenters. The van der Waals surface area contributed by atoms with E-state index in [0.29, 0.717) is 4.64 Å². The predicted molar refractivity (Wildman–Crippen MR) is 65.9 cm³/mol. The molecule has 0 aromatic carbocycles. The Hall–Kier alpha value is -1.42. The van der Waals surface area contributed by atoms with E-state index in [1.807, 2.05) is 19.1 Å². The molecule has 0 fully saturated rings. The molecule has 0 saturated carbocycles. The maximum absolute atomic E-state index is 5.40. The number of hydrogen-bond donors (Lipinski definition) is 1. The van der Waals surface area contributed by atoms with E-state index in [-0.39, 0.29) is 0 Å². The Morgan fingerprint density at radius 3 is 2.94 bits per heavy atom. The van der Waals surface area contributed by atoms with Gasteiger partial charge >= 0.3 is 0 Å². The smallest absolute Gasteiger partial charge is 0.175 e. The van der Waals surface area contributed by atoms with Crippen LogP contribution in [-0.2, 0) is 6.42 Å². The highest BCUT2D eigenvalue weighted by Gasteiger charge is 2.08. The van der Waals surface area contributed by atoms with Gasteiger partial charge in [0.1, 0.15) is 4.64 Å². The highest BCUT2D eigenvalue weighted by atomic mass is 32.1. The van der Waals surface area contributed by atoms with Crippen LogP contribution in [0.3, 0.4) is 0 Å². The molecule has 0 spiro atoms. The minimum Gasteiger partial charge on any atom is -0.461 e. The number of nitrogens with one attached hydrogen (secondary N) is 1. The Morgan fingerprint density at radius 2 is 2.31 bits per heavy atom. The van der Waals surface area contributed by atoms with Crippen LogP contribution in [0.25, 0.3) is 11.6 Å². The van der Waals surface area contributed by atoms with Gasteiger partial charge in [-0.25, -0.2) is 4.98 Å². The minimum absolute atomic E-state index is 0.605. The Bertz CT molecular complexity index is 542. The molecule has 0 bridgehead atoms. The van der Waals surface area contributed by atoms with E-state index in [9.17, 15) is 0 Å². The Morgan fingerprint density at radius 1 is 1.50 bits per heavy atom. The molecule has 0 aliphatic heterocycles. The van der Waals surface area contributed by atoms with Crippen molar-refractivity contribution in [2.45, 2.75) is 26.7 Å². The fraction of sp³-hybridized carbons (Fsp3) is 0.333. The number of aromatic nitrogens is 2. The summed E-state index contributed by atoms with van der Waals surface area (Å²) in [5, 5.41) is 0. The highest BCUT2D eigenvalue weighted by molar-refractivity contribution is 7.71. The molecule has 0 aliphatic rings. The highest BCUT2D eigenvalue weighted by Crippen LogP contribution is 2.20. The van der Waals surface area contributed by atoms with Crippen LogP contribution in [0, 0.1) is 11.6 Å². The lowest BCUT2D eigenvalue weighted by Gasteiger charge is -2.03. The topological polar surface area (TPSA) is 41.8 Å². The molecule has 84 valence electrons. The standard InChI is InChI=1S/C12H14N2OS/c1-3-4-9-7-10(16)14-12(13-9)11-8(2)5-6-15-11/h5-7H,3-4H2,1-2H3,(H,13,14,16). The lowest BCUT2D eigenvalue weighted by Crippen LogP contribution is -1.96. The monoisotopic (exact) mass is 234 g/mol. The van der Waals surface area contributed by atoms with E-state index in [2.05, 4.69) is 16.9 Å². The number of aromatic amines is 1. The van der Waals surface area contributed by atoms with Crippen LogP contribution in [0.5, 0.6) is 0 Å². The van der Waals surface area contributed by atoms with Crippen molar-refractivity contribution in [1.29, 1.82) is 0 Å². The zero-order valence-electron chi connectivity index (χ0n) is 9.41. The molecule has 0 amide bonds. The second-order valence-corrected chi connectivity index (χ2v) is 4.19. The number of H-pyrrole nitrogens is 1. The Kier molecular flexibility index (Phi) is 3.19. The normalized spacial score (nSPS) is 10.6. The van der Waals surface area contributed by atoms with E-state index in [1.54, 1.807) is 6.26 Å². The zero-order valence-corrected chi connectivity index (χ0v) is 10.2. The zero-order chi connectivity index (χ0) is 11.5. The van der Waals surface area contributed by atoms with Crippen LogP contribution < -0.4 is 0 Å². The van der Waals surface area contributed by atoms with Gasteiger partial charge in [-0.05, 0) is 31.0 Å². The number of furan rings is 1. The molecule has 4 heteroatoms. The van der Waals surface area contributed by atoms with Gasteiger partial charge in [0.05, 0.1) is 6.26 Å². The van der Waals surface area contributed by atoms with Gasteiger partial charge in [0.25, 0.3) is 0 Å². The Balaban J connectivity index is 2.49. The lowest BCUT2D eigenvalue weighted by molar-refractivity contribution is 0.575. The summed E-state index contributed by atoms with van der Waals surface area (Å²) in [5.74, 6) is 1.49. The molecule has 0 unspecified atom stereocenters. The lowest BCUT2D eigenvalue weighted by atomic mass is 10.2. The summed E-state index contributed by atoms with van der Waals surface area (Å²) in [4.78, 5) is 7.54. The quantitative estimate of drug-likeness (QED) is 0.824. The first-order chi connectivity index (χ1) is 7.70. The largest absolute Gasteiger partial charge is 0.461 e. The van der Waals surface area contributed by atoms with E-state index in [0.717, 1.165) is 35.7 Å². The van der Waals surface area contributed by atoms with E-state index < -0.39 is 0 Å². The summed E-state index contributed by atoms with van der Waals surface area (Å²) in [6.45, 7) is 4.12. The summed E-state index contributed by atoms with van der Waals surface area (Å²) >= 11 is 5.15. The van der Waals surface area contributed by atoms with Gasteiger partial charge in [-0.2, -0.15) is 0 Å². The number of nitrogens with zero attached hydrogens (tertiary/aromatic N) is 1. The van der Waals surface area contributed by atoms with Crippen molar-refractivity contribution >= 4 is 12.2 Å². The number of hydrogen-bond acceptors (Lipinski definition) is 3. The van der Waals surface area contributed by atoms with Gasteiger partial charge in [0.2, 0.25) is 0 Å². The van der Waals surface area contributed by atoms with Crippen molar-refractivity contribution in [3.63, 3.8) is 0 Å². The van der Waals surface area contributed by atoms with Crippen molar-refractivity contribution in [3.8, 4) is 11.6 Å². The van der Waals surface area contributed by atoms with Gasteiger partial charge in [-0.1, -0.05) is 25.6 Å². The third-order valence-electron chi connectivity index (χ3n) is 2.40. The average Bonchev–Trinajstić information content (AvgIpc) is 2.64. The first-order valence-corrected chi connectivity index (χ1v) is 5.76. The van der Waals surface area contributed by atoms with Crippen molar-refractivity contribution in [1.82, 2.24) is 9.97 Å². The van der Waals surface area contributed by atoms with Gasteiger partial charge in [0.15, 0.2) is 11.6 Å². The summed E-state index contributed by atoms with van der Waals surface area (Å²) < 4.78 is 6.00. The van der Waals surface area contributed by atoms with Crippen LogP contribution >= 0.6 is 12.2 Å². The third kappa shape index (κ3) is 2.22. The van der Waals surface area contributed by atoms with Gasteiger partial charge in [0, 0.05) is 5.69 Å². The van der Waals surface area contributed by atoms with Crippen LogP contribution in [0.15, 0.2) is 22.8 Å². The second-order valence-electron chi connectivity index (χ2n) is 3.78. The van der Waals surface area contributed by atoms with Gasteiger partial charge in [-0.3, -0.25) is 0 Å². The van der Waals surface area contributed by atoms with E-state index in [1.165, 1.54) is 0 Å². The fourth-order valence-corrected chi connectivity index (χ4v) is 1.87. The van der Waals surface area contributed by atoms with Crippen LogP contribution in [0.4, 0.5) is 0 Å². The Labute approximate surface area is 99.5 Å². The molecular formula is C12H14N2OS. The number of rotatable bonds is 3. The molecule has 2 rings (SSSR count). The molecule has 2 heterocycles. The first kappa shape index (κ1) is 11.1. The van der Waals surface area contributed by atoms with E-state index >= 15 is 0 Å².